The zero-order chi connectivity index (χ0) is 30.0. The molecule has 1 aliphatic rings. The number of carbonyl (C=O) groups excluding carboxylic acids is 1. The van der Waals surface area contributed by atoms with Crippen molar-refractivity contribution in [3.63, 3.8) is 0 Å². The number of nitrogens with one attached hydrogen (secondary N) is 1. The van der Waals surface area contributed by atoms with Gasteiger partial charge in [-0.15, -0.1) is 0 Å². The molecule has 0 spiro atoms. The monoisotopic (exact) mass is 613 g/mol. The number of hydrogen-bond acceptors (Lipinski definition) is 5. The van der Waals surface area contributed by atoms with Crippen LogP contribution in [-0.2, 0) is 23.3 Å². The van der Waals surface area contributed by atoms with Gasteiger partial charge < -0.3 is 10.1 Å². The topological polar surface area (TPSA) is 90.3 Å². The molecule has 1 saturated carbocycles. The van der Waals surface area contributed by atoms with Gasteiger partial charge in [0.2, 0.25) is 0 Å². The first-order valence-corrected chi connectivity index (χ1v) is 14.9. The Bertz CT molecular complexity index is 1320. The molecule has 1 amide bonds. The van der Waals surface area contributed by atoms with Gasteiger partial charge >= 0.3 is 12.8 Å². The van der Waals surface area contributed by atoms with Crippen LogP contribution in [0.5, 0.6) is 5.75 Å². The van der Waals surface area contributed by atoms with Crippen molar-refractivity contribution in [3.8, 4) is 17.0 Å². The highest BCUT2D eigenvalue weighted by Gasteiger charge is 2.47. The number of benzene rings is 1. The molecular weight excluding hydrogens is 581 g/mol. The smallest absolute Gasteiger partial charge is 0.394 e. The Hall–Kier alpha value is -2.41. The molecule has 0 atom stereocenters. The third kappa shape index (κ3) is 7.26. The summed E-state index contributed by atoms with van der Waals surface area (Å²) in [7, 11) is -1.66. The third-order valence-electron chi connectivity index (χ3n) is 7.39. The van der Waals surface area contributed by atoms with E-state index >= 15 is 0 Å². The van der Waals surface area contributed by atoms with Crippen LogP contribution in [0.4, 0.5) is 22.0 Å². The first-order chi connectivity index (χ1) is 18.5. The third-order valence-corrected chi connectivity index (χ3v) is 10.0. The zero-order valence-corrected chi connectivity index (χ0v) is 24.2. The van der Waals surface area contributed by atoms with E-state index in [4.69, 9.17) is 11.6 Å². The van der Waals surface area contributed by atoms with E-state index in [1.165, 1.54) is 23.9 Å². The number of aromatic nitrogens is 2. The number of amides is 1. The van der Waals surface area contributed by atoms with Gasteiger partial charge in [-0.2, -0.15) is 27.1 Å². The molecule has 0 aliphatic heterocycles. The van der Waals surface area contributed by atoms with E-state index in [1.54, 1.807) is 6.92 Å². The number of ether oxygens (including phenoxy) is 1. The number of nitrogens with zero attached hydrogens (tertiary/aromatic N) is 2. The minimum absolute atomic E-state index is 0.0309. The molecule has 1 aromatic carbocycles. The first kappa shape index (κ1) is 32.1. The Morgan fingerprint density at radius 1 is 1.20 bits per heavy atom. The zero-order valence-electron chi connectivity index (χ0n) is 22.6. The highest BCUT2D eigenvalue weighted by molar-refractivity contribution is 7.92. The highest BCUT2D eigenvalue weighted by Crippen LogP contribution is 2.43. The van der Waals surface area contributed by atoms with Gasteiger partial charge in [0.1, 0.15) is 5.75 Å². The van der Waals surface area contributed by atoms with Gasteiger partial charge in [0.15, 0.2) is 15.5 Å². The van der Waals surface area contributed by atoms with Gasteiger partial charge in [-0.3, -0.25) is 9.48 Å². The summed E-state index contributed by atoms with van der Waals surface area (Å²) in [5.74, 6) is -0.831. The highest BCUT2D eigenvalue weighted by atomic mass is 35.5. The summed E-state index contributed by atoms with van der Waals surface area (Å²) in [5.41, 5.74) is -2.04. The molecule has 1 heterocycles. The molecule has 7 nitrogen and oxygen atoms in total. The van der Waals surface area contributed by atoms with E-state index in [9.17, 15) is 35.2 Å². The molecular formula is C26H33ClF5N3O4S. The number of halogens is 6. The fraction of sp³-hybridized carbons (Fsp3) is 0.615. The summed E-state index contributed by atoms with van der Waals surface area (Å²) in [6.45, 7) is 0.662. The molecule has 14 heteroatoms. The second-order valence-electron chi connectivity index (χ2n) is 10.7. The van der Waals surface area contributed by atoms with Crippen LogP contribution in [0.3, 0.4) is 0 Å². The lowest BCUT2D eigenvalue weighted by Crippen LogP contribution is -2.34. The molecule has 40 heavy (non-hydrogen) atoms. The second-order valence-corrected chi connectivity index (χ2v) is 13.7. The predicted molar refractivity (Wildman–Crippen MR) is 141 cm³/mol. The summed E-state index contributed by atoms with van der Waals surface area (Å²) in [4.78, 5) is 12.9. The molecule has 0 unspecified atom stereocenters. The lowest BCUT2D eigenvalue weighted by atomic mass is 9.84. The lowest BCUT2D eigenvalue weighted by molar-refractivity contribution is -0.211. The van der Waals surface area contributed by atoms with Gasteiger partial charge in [0.25, 0.3) is 5.91 Å². The number of alkyl halides is 5. The molecule has 2 aromatic rings. The Kier molecular flexibility index (Phi) is 9.81. The minimum atomic E-state index is -4.52. The van der Waals surface area contributed by atoms with Crippen molar-refractivity contribution in [1.82, 2.24) is 15.1 Å². The van der Waals surface area contributed by atoms with Crippen LogP contribution in [0.1, 0.15) is 62.5 Å². The Labute approximate surface area is 235 Å². The van der Waals surface area contributed by atoms with Crippen molar-refractivity contribution < 1.29 is 39.9 Å². The number of carbonyl (C=O) groups is 1. The van der Waals surface area contributed by atoms with E-state index in [0.717, 1.165) is 19.9 Å². The summed E-state index contributed by atoms with van der Waals surface area (Å²) < 4.78 is 96.7. The molecule has 1 fully saturated rings. The van der Waals surface area contributed by atoms with E-state index < -0.39 is 46.1 Å². The minimum Gasteiger partial charge on any atom is -0.434 e. The van der Waals surface area contributed by atoms with Crippen molar-refractivity contribution >= 4 is 27.3 Å². The molecule has 224 valence electrons. The van der Waals surface area contributed by atoms with Gasteiger partial charge in [0, 0.05) is 24.9 Å². The number of sulfone groups is 1. The van der Waals surface area contributed by atoms with Crippen LogP contribution < -0.4 is 10.1 Å². The fourth-order valence-corrected chi connectivity index (χ4v) is 6.67. The Morgan fingerprint density at radius 3 is 2.38 bits per heavy atom. The van der Waals surface area contributed by atoms with Crippen molar-refractivity contribution in [2.45, 2.75) is 70.9 Å². The Balaban J connectivity index is 1.80. The average molecular weight is 614 g/mol. The summed E-state index contributed by atoms with van der Waals surface area (Å²) in [6.07, 6.45) is -2.68. The van der Waals surface area contributed by atoms with Gasteiger partial charge in [-0.1, -0.05) is 38.4 Å². The van der Waals surface area contributed by atoms with E-state index in [0.29, 0.717) is 25.7 Å². The van der Waals surface area contributed by atoms with Gasteiger partial charge in [-0.25, -0.2) is 8.42 Å². The van der Waals surface area contributed by atoms with Crippen LogP contribution in [0.2, 0.25) is 5.02 Å². The van der Waals surface area contributed by atoms with Crippen LogP contribution in [0.25, 0.3) is 11.3 Å². The van der Waals surface area contributed by atoms with Crippen molar-refractivity contribution in [2.75, 3.05) is 12.3 Å². The standard InChI is InChI=1S/C26H33ClF5N3O4S/c1-5-40(37,38)17-9-6-15(7-10-17)14-33-23(36)21-20(27)22(35(4)34-21)18-11-8-16(12-19(18)39-24(28)29)13-25(2,3)26(30,31)32/h8,11-12,15,17,24H,5-7,9-10,13-14H2,1-4H3,(H,33,36)/t15-,17+. The molecule has 0 bridgehead atoms. The molecule has 0 saturated heterocycles. The second kappa shape index (κ2) is 12.2. The molecule has 1 aliphatic carbocycles. The molecule has 1 N–H and O–H groups in total. The van der Waals surface area contributed by atoms with Crippen LogP contribution in [-0.4, -0.2) is 54.4 Å². The predicted octanol–water partition coefficient (Wildman–Crippen LogP) is 6.20. The molecule has 1 aromatic heterocycles. The van der Waals surface area contributed by atoms with Gasteiger partial charge in [-0.05, 0) is 55.7 Å². The van der Waals surface area contributed by atoms with Crippen LogP contribution in [0.15, 0.2) is 18.2 Å². The lowest BCUT2D eigenvalue weighted by Gasteiger charge is -2.28. The van der Waals surface area contributed by atoms with Crippen molar-refractivity contribution in [3.05, 3.63) is 34.5 Å². The SMILES string of the molecule is CCS(=O)(=O)[C@H]1CC[C@@H](CNC(=O)c2nn(C)c(-c3ccc(CC(C)(C)C(F)(F)F)cc3OC(F)F)c2Cl)CC1. The number of rotatable bonds is 10. The number of hydrogen-bond donors (Lipinski definition) is 1. The van der Waals surface area contributed by atoms with Gasteiger partial charge in [0.05, 0.1) is 21.4 Å². The van der Waals surface area contributed by atoms with E-state index in [-0.39, 0.29) is 51.0 Å². The summed E-state index contributed by atoms with van der Waals surface area (Å²) in [6, 6.07) is 3.78. The maximum atomic E-state index is 13.4. The quantitative estimate of drug-likeness (QED) is 0.323. The summed E-state index contributed by atoms with van der Waals surface area (Å²) in [5, 5.41) is 6.39. The van der Waals surface area contributed by atoms with Crippen molar-refractivity contribution in [2.24, 2.45) is 18.4 Å². The maximum absolute atomic E-state index is 13.4. The van der Waals surface area contributed by atoms with E-state index in [2.05, 4.69) is 15.2 Å². The van der Waals surface area contributed by atoms with E-state index in [1.807, 2.05) is 0 Å². The molecule has 3 rings (SSSR count). The molecule has 0 radical (unpaired) electrons. The average Bonchev–Trinajstić information content (AvgIpc) is 3.15. The summed E-state index contributed by atoms with van der Waals surface area (Å²) >= 11 is 6.48. The maximum Gasteiger partial charge on any atom is 0.394 e. The van der Waals surface area contributed by atoms with Crippen LogP contribution in [0, 0.1) is 11.3 Å². The number of aryl methyl sites for hydroxylation is 1. The first-order valence-electron chi connectivity index (χ1n) is 12.8. The van der Waals surface area contributed by atoms with Crippen LogP contribution >= 0.6 is 11.6 Å². The van der Waals surface area contributed by atoms with Crippen molar-refractivity contribution in [1.29, 1.82) is 0 Å². The Morgan fingerprint density at radius 2 is 1.82 bits per heavy atom. The normalized spacial score (nSPS) is 18.7. The fourth-order valence-electron chi connectivity index (χ4n) is 4.86. The largest absolute Gasteiger partial charge is 0.434 e.